The summed E-state index contributed by atoms with van der Waals surface area (Å²) in [6.07, 6.45) is 0.142. The number of carbonyl (C=O) groups excluding carboxylic acids is 1. The number of rotatable bonds is 6. The van der Waals surface area contributed by atoms with E-state index in [9.17, 15) is 19.3 Å². The number of methoxy groups -OCH3 is 1. The minimum absolute atomic E-state index is 0.00893. The number of halogens is 1. The van der Waals surface area contributed by atoms with E-state index in [1.54, 1.807) is 0 Å². The maximum absolute atomic E-state index is 13.4. The zero-order chi connectivity index (χ0) is 14.4. The number of nitrogens with two attached hydrogens (primary N) is 1. The van der Waals surface area contributed by atoms with Gasteiger partial charge in [-0.05, 0) is 6.07 Å². The SMILES string of the molecule is COC(=O)C(N)CCOc1ccc([N+](=O)[O-])cc1F. The summed E-state index contributed by atoms with van der Waals surface area (Å²) in [5.74, 6) is -1.57. The predicted octanol–water partition coefficient (Wildman–Crippen LogP) is 1.00. The Morgan fingerprint density at radius 1 is 1.58 bits per heavy atom. The first-order valence-corrected chi connectivity index (χ1v) is 5.36. The highest BCUT2D eigenvalue weighted by atomic mass is 19.1. The van der Waals surface area contributed by atoms with Crippen molar-refractivity contribution >= 4 is 11.7 Å². The Morgan fingerprint density at radius 3 is 2.79 bits per heavy atom. The van der Waals surface area contributed by atoms with Crippen molar-refractivity contribution in [2.75, 3.05) is 13.7 Å². The Morgan fingerprint density at radius 2 is 2.26 bits per heavy atom. The van der Waals surface area contributed by atoms with Crippen LogP contribution in [0.4, 0.5) is 10.1 Å². The first-order chi connectivity index (χ1) is 8.95. The highest BCUT2D eigenvalue weighted by Crippen LogP contribution is 2.22. The van der Waals surface area contributed by atoms with Gasteiger partial charge in [-0.1, -0.05) is 0 Å². The molecular formula is C11H13FN2O5. The molecule has 1 aromatic rings. The van der Waals surface area contributed by atoms with Gasteiger partial charge >= 0.3 is 5.97 Å². The van der Waals surface area contributed by atoms with Crippen LogP contribution in [0.2, 0.25) is 0 Å². The standard InChI is InChI=1S/C11H13FN2O5/c1-18-11(15)9(13)4-5-19-10-3-2-7(14(16)17)6-8(10)12/h2-3,6,9H,4-5,13H2,1H3. The van der Waals surface area contributed by atoms with E-state index in [4.69, 9.17) is 10.5 Å². The molecule has 0 fully saturated rings. The minimum Gasteiger partial charge on any atom is -0.490 e. The highest BCUT2D eigenvalue weighted by molar-refractivity contribution is 5.75. The van der Waals surface area contributed by atoms with Gasteiger partial charge in [0.25, 0.3) is 5.69 Å². The second kappa shape index (κ2) is 6.64. The fraction of sp³-hybridized carbons (Fsp3) is 0.364. The van der Waals surface area contributed by atoms with E-state index >= 15 is 0 Å². The van der Waals surface area contributed by atoms with Crippen LogP contribution in [0.25, 0.3) is 0 Å². The zero-order valence-corrected chi connectivity index (χ0v) is 10.2. The summed E-state index contributed by atoms with van der Waals surface area (Å²) in [5.41, 5.74) is 5.09. The first kappa shape index (κ1) is 14.8. The van der Waals surface area contributed by atoms with Crippen molar-refractivity contribution in [3.63, 3.8) is 0 Å². The van der Waals surface area contributed by atoms with Gasteiger partial charge in [-0.25, -0.2) is 4.39 Å². The van der Waals surface area contributed by atoms with Crippen molar-refractivity contribution in [1.29, 1.82) is 0 Å². The molecule has 0 bridgehead atoms. The molecule has 1 atom stereocenters. The van der Waals surface area contributed by atoms with Crippen LogP contribution < -0.4 is 10.5 Å². The minimum atomic E-state index is -0.855. The molecule has 0 saturated carbocycles. The quantitative estimate of drug-likeness (QED) is 0.470. The molecular weight excluding hydrogens is 259 g/mol. The third kappa shape index (κ3) is 4.18. The van der Waals surface area contributed by atoms with Crippen molar-refractivity contribution in [1.82, 2.24) is 0 Å². The Kier molecular flexibility index (Phi) is 5.19. The van der Waals surface area contributed by atoms with E-state index in [-0.39, 0.29) is 24.5 Å². The van der Waals surface area contributed by atoms with Crippen LogP contribution in [-0.2, 0) is 9.53 Å². The normalized spacial score (nSPS) is 11.7. The summed E-state index contributed by atoms with van der Waals surface area (Å²) < 4.78 is 22.9. The van der Waals surface area contributed by atoms with Crippen molar-refractivity contribution in [2.45, 2.75) is 12.5 Å². The third-order valence-electron chi connectivity index (χ3n) is 2.32. The fourth-order valence-electron chi connectivity index (χ4n) is 1.29. The molecule has 1 aromatic carbocycles. The zero-order valence-electron chi connectivity index (χ0n) is 10.2. The molecule has 0 aromatic heterocycles. The van der Waals surface area contributed by atoms with Crippen LogP contribution in [0.5, 0.6) is 5.75 Å². The number of non-ortho nitro benzene ring substituents is 1. The monoisotopic (exact) mass is 272 g/mol. The Labute approximate surface area is 108 Å². The lowest BCUT2D eigenvalue weighted by Crippen LogP contribution is -2.33. The molecule has 0 amide bonds. The number of nitro benzene ring substituents is 1. The van der Waals surface area contributed by atoms with Gasteiger partial charge in [0.15, 0.2) is 11.6 Å². The van der Waals surface area contributed by atoms with Gasteiger partial charge in [0.1, 0.15) is 6.04 Å². The number of ether oxygens (including phenoxy) is 2. The molecule has 104 valence electrons. The molecule has 0 aliphatic carbocycles. The van der Waals surface area contributed by atoms with Gasteiger partial charge in [-0.15, -0.1) is 0 Å². The molecule has 0 spiro atoms. The lowest BCUT2D eigenvalue weighted by atomic mass is 10.2. The van der Waals surface area contributed by atoms with Crippen LogP contribution in [0.3, 0.4) is 0 Å². The van der Waals surface area contributed by atoms with Gasteiger partial charge in [-0.2, -0.15) is 0 Å². The molecule has 8 heteroatoms. The number of nitrogens with zero attached hydrogens (tertiary/aromatic N) is 1. The lowest BCUT2D eigenvalue weighted by molar-refractivity contribution is -0.385. The Balaban J connectivity index is 2.54. The molecule has 0 aliphatic heterocycles. The summed E-state index contributed by atoms with van der Waals surface area (Å²) in [5, 5.41) is 10.4. The molecule has 7 nitrogen and oxygen atoms in total. The highest BCUT2D eigenvalue weighted by Gasteiger charge is 2.15. The number of esters is 1. The van der Waals surface area contributed by atoms with Gasteiger partial charge in [0.05, 0.1) is 24.7 Å². The molecule has 0 saturated heterocycles. The van der Waals surface area contributed by atoms with Gasteiger partial charge in [-0.3, -0.25) is 14.9 Å². The van der Waals surface area contributed by atoms with E-state index < -0.39 is 22.8 Å². The summed E-state index contributed by atoms with van der Waals surface area (Å²) >= 11 is 0. The van der Waals surface area contributed by atoms with E-state index in [1.165, 1.54) is 7.11 Å². The van der Waals surface area contributed by atoms with Crippen LogP contribution >= 0.6 is 0 Å². The smallest absolute Gasteiger partial charge is 0.322 e. The van der Waals surface area contributed by atoms with Crippen molar-refractivity contribution in [3.8, 4) is 5.75 Å². The molecule has 1 unspecified atom stereocenters. The Bertz CT molecular complexity index is 480. The fourth-order valence-corrected chi connectivity index (χ4v) is 1.29. The van der Waals surface area contributed by atoms with Crippen LogP contribution in [-0.4, -0.2) is 30.7 Å². The van der Waals surface area contributed by atoms with Crippen molar-refractivity contribution in [3.05, 3.63) is 34.1 Å². The molecule has 2 N–H and O–H groups in total. The summed E-state index contributed by atoms with van der Waals surface area (Å²) in [6, 6.07) is 2.18. The summed E-state index contributed by atoms with van der Waals surface area (Å²) in [4.78, 5) is 20.7. The molecule has 0 aliphatic rings. The third-order valence-corrected chi connectivity index (χ3v) is 2.32. The maximum Gasteiger partial charge on any atom is 0.322 e. The second-order valence-corrected chi connectivity index (χ2v) is 3.64. The number of benzene rings is 1. The van der Waals surface area contributed by atoms with E-state index in [2.05, 4.69) is 4.74 Å². The number of nitro groups is 1. The van der Waals surface area contributed by atoms with Gasteiger partial charge in [0, 0.05) is 12.5 Å². The average Bonchev–Trinajstić information content (AvgIpc) is 2.39. The summed E-state index contributed by atoms with van der Waals surface area (Å²) in [7, 11) is 1.21. The molecule has 0 heterocycles. The Hall–Kier alpha value is -2.22. The predicted molar refractivity (Wildman–Crippen MR) is 63.2 cm³/mol. The first-order valence-electron chi connectivity index (χ1n) is 5.36. The maximum atomic E-state index is 13.4. The topological polar surface area (TPSA) is 105 Å². The van der Waals surface area contributed by atoms with Crippen molar-refractivity contribution in [2.24, 2.45) is 5.73 Å². The number of hydrogen-bond acceptors (Lipinski definition) is 6. The van der Waals surface area contributed by atoms with Crippen LogP contribution in [0.1, 0.15) is 6.42 Å². The van der Waals surface area contributed by atoms with Gasteiger partial charge < -0.3 is 15.2 Å². The van der Waals surface area contributed by atoms with E-state index in [0.717, 1.165) is 18.2 Å². The molecule has 19 heavy (non-hydrogen) atoms. The van der Waals surface area contributed by atoms with Crippen LogP contribution in [0, 0.1) is 15.9 Å². The second-order valence-electron chi connectivity index (χ2n) is 3.64. The van der Waals surface area contributed by atoms with Crippen molar-refractivity contribution < 1.29 is 23.6 Å². The largest absolute Gasteiger partial charge is 0.490 e. The van der Waals surface area contributed by atoms with E-state index in [0.29, 0.717) is 0 Å². The number of hydrogen-bond donors (Lipinski definition) is 1. The summed E-state index contributed by atoms with van der Waals surface area (Å²) in [6.45, 7) is -0.00893. The van der Waals surface area contributed by atoms with Gasteiger partial charge in [0.2, 0.25) is 0 Å². The number of carbonyl (C=O) groups is 1. The lowest BCUT2D eigenvalue weighted by Gasteiger charge is -2.10. The average molecular weight is 272 g/mol. The van der Waals surface area contributed by atoms with Crippen LogP contribution in [0.15, 0.2) is 18.2 Å². The molecule has 1 rings (SSSR count). The van der Waals surface area contributed by atoms with E-state index in [1.807, 2.05) is 0 Å². The molecule has 0 radical (unpaired) electrons.